The van der Waals surface area contributed by atoms with Crippen LogP contribution in [0.2, 0.25) is 0 Å². The number of likely N-dealkylation sites (N-methyl/N-ethyl adjacent to an activating group) is 2. The number of hydrogen-bond acceptors (Lipinski definition) is 3. The van der Waals surface area contributed by atoms with Gasteiger partial charge in [0.2, 0.25) is 0 Å². The second-order valence-corrected chi connectivity index (χ2v) is 5.26. The van der Waals surface area contributed by atoms with E-state index in [1.54, 1.807) is 4.90 Å². The molecule has 1 atom stereocenters. The molecule has 0 radical (unpaired) electrons. The van der Waals surface area contributed by atoms with Crippen molar-refractivity contribution in [1.82, 2.24) is 15.1 Å². The van der Waals surface area contributed by atoms with E-state index >= 15 is 0 Å². The Hall–Kier alpha value is -1.75. The molecule has 1 aliphatic heterocycles. The zero-order valence-corrected chi connectivity index (χ0v) is 13.1. The number of carbonyl (C=O) groups excluding carboxylic acids is 1. The molecular formula is C16H25N3O2. The molecule has 2 amide bonds. The lowest BCUT2D eigenvalue weighted by atomic mass is 10.1. The van der Waals surface area contributed by atoms with Crippen molar-refractivity contribution >= 4 is 6.03 Å². The van der Waals surface area contributed by atoms with Crippen molar-refractivity contribution in [2.75, 3.05) is 39.8 Å². The molecule has 21 heavy (non-hydrogen) atoms. The summed E-state index contributed by atoms with van der Waals surface area (Å²) in [6.07, 6.45) is 0. The monoisotopic (exact) mass is 291 g/mol. The van der Waals surface area contributed by atoms with Crippen LogP contribution in [0.15, 0.2) is 24.3 Å². The number of amides is 2. The number of nitrogens with zero attached hydrogens (tertiary/aromatic N) is 2. The minimum atomic E-state index is 0.115. The number of hydrogen-bond donors (Lipinski definition) is 1. The molecule has 2 rings (SSSR count). The van der Waals surface area contributed by atoms with Gasteiger partial charge < -0.3 is 19.9 Å². The summed E-state index contributed by atoms with van der Waals surface area (Å²) in [7, 11) is 1.85. The van der Waals surface area contributed by atoms with Gasteiger partial charge in [-0.1, -0.05) is 19.1 Å². The molecule has 0 spiro atoms. The van der Waals surface area contributed by atoms with Gasteiger partial charge in [-0.15, -0.1) is 0 Å². The van der Waals surface area contributed by atoms with E-state index in [-0.39, 0.29) is 12.1 Å². The van der Waals surface area contributed by atoms with Gasteiger partial charge in [0.25, 0.3) is 0 Å². The van der Waals surface area contributed by atoms with Gasteiger partial charge in [0, 0.05) is 32.7 Å². The molecule has 0 aliphatic carbocycles. The molecular weight excluding hydrogens is 266 g/mol. The lowest BCUT2D eigenvalue weighted by Gasteiger charge is -2.24. The zero-order valence-electron chi connectivity index (χ0n) is 13.1. The van der Waals surface area contributed by atoms with Gasteiger partial charge in [-0.2, -0.15) is 0 Å². The van der Waals surface area contributed by atoms with E-state index in [1.807, 2.05) is 31.0 Å². The Morgan fingerprint density at radius 2 is 1.95 bits per heavy atom. The Morgan fingerprint density at radius 3 is 2.48 bits per heavy atom. The fourth-order valence-electron chi connectivity index (χ4n) is 2.59. The van der Waals surface area contributed by atoms with Crippen LogP contribution < -0.4 is 10.1 Å². The van der Waals surface area contributed by atoms with Crippen molar-refractivity contribution in [3.63, 3.8) is 0 Å². The SMILES string of the molecule is CCNC(CN1CCN(C)C1=O)c1ccc(OCC)cc1. The van der Waals surface area contributed by atoms with Crippen LogP contribution in [-0.4, -0.2) is 55.7 Å². The summed E-state index contributed by atoms with van der Waals surface area (Å²) >= 11 is 0. The summed E-state index contributed by atoms with van der Waals surface area (Å²) in [5, 5.41) is 3.46. The van der Waals surface area contributed by atoms with Crippen LogP contribution in [-0.2, 0) is 0 Å². The minimum Gasteiger partial charge on any atom is -0.494 e. The van der Waals surface area contributed by atoms with E-state index in [0.29, 0.717) is 13.2 Å². The summed E-state index contributed by atoms with van der Waals surface area (Å²) in [5.74, 6) is 0.883. The summed E-state index contributed by atoms with van der Waals surface area (Å²) in [6, 6.07) is 8.39. The van der Waals surface area contributed by atoms with Gasteiger partial charge in [0.05, 0.1) is 6.61 Å². The average molecular weight is 291 g/mol. The molecule has 1 aliphatic rings. The van der Waals surface area contributed by atoms with Gasteiger partial charge in [0.1, 0.15) is 5.75 Å². The molecule has 0 bridgehead atoms. The Kier molecular flexibility index (Phi) is 5.44. The molecule has 1 saturated heterocycles. The fourth-order valence-corrected chi connectivity index (χ4v) is 2.59. The normalized spacial score (nSPS) is 16.4. The smallest absolute Gasteiger partial charge is 0.319 e. The molecule has 1 aromatic rings. The minimum absolute atomic E-state index is 0.115. The molecule has 1 fully saturated rings. The largest absolute Gasteiger partial charge is 0.494 e. The van der Waals surface area contributed by atoms with E-state index in [1.165, 1.54) is 5.56 Å². The van der Waals surface area contributed by atoms with Crippen LogP contribution in [0, 0.1) is 0 Å². The lowest BCUT2D eigenvalue weighted by Crippen LogP contribution is -2.37. The first kappa shape index (κ1) is 15.6. The van der Waals surface area contributed by atoms with Crippen molar-refractivity contribution in [3.05, 3.63) is 29.8 Å². The van der Waals surface area contributed by atoms with Crippen LogP contribution >= 0.6 is 0 Å². The van der Waals surface area contributed by atoms with E-state index < -0.39 is 0 Å². The molecule has 1 heterocycles. The molecule has 1 N–H and O–H groups in total. The average Bonchev–Trinajstić information content (AvgIpc) is 2.80. The quantitative estimate of drug-likeness (QED) is 0.837. The van der Waals surface area contributed by atoms with Crippen LogP contribution in [0.4, 0.5) is 4.79 Å². The van der Waals surface area contributed by atoms with E-state index in [4.69, 9.17) is 4.74 Å². The fraction of sp³-hybridized carbons (Fsp3) is 0.562. The highest BCUT2D eigenvalue weighted by Crippen LogP contribution is 2.20. The third-order valence-electron chi connectivity index (χ3n) is 3.75. The summed E-state index contributed by atoms with van der Waals surface area (Å²) in [5.41, 5.74) is 1.18. The molecule has 5 nitrogen and oxygen atoms in total. The third kappa shape index (κ3) is 3.88. The molecule has 5 heteroatoms. The Balaban J connectivity index is 2.05. The first-order chi connectivity index (χ1) is 10.2. The highest BCUT2D eigenvalue weighted by molar-refractivity contribution is 5.76. The van der Waals surface area contributed by atoms with Crippen LogP contribution in [0.5, 0.6) is 5.75 Å². The topological polar surface area (TPSA) is 44.8 Å². The van der Waals surface area contributed by atoms with Gasteiger partial charge in [0.15, 0.2) is 0 Å². The Morgan fingerprint density at radius 1 is 1.24 bits per heavy atom. The molecule has 1 unspecified atom stereocenters. The van der Waals surface area contributed by atoms with Crippen LogP contribution in [0.3, 0.4) is 0 Å². The van der Waals surface area contributed by atoms with Crippen molar-refractivity contribution in [3.8, 4) is 5.75 Å². The summed E-state index contributed by atoms with van der Waals surface area (Å²) < 4.78 is 5.47. The maximum Gasteiger partial charge on any atom is 0.319 e. The van der Waals surface area contributed by atoms with Gasteiger partial charge >= 0.3 is 6.03 Å². The zero-order chi connectivity index (χ0) is 15.2. The maximum absolute atomic E-state index is 12.0. The standard InChI is InChI=1S/C16H25N3O2/c1-4-17-15(12-19-11-10-18(3)16(19)20)13-6-8-14(9-7-13)21-5-2/h6-9,15,17H,4-5,10-12H2,1-3H3. The Labute approximate surface area is 126 Å². The van der Waals surface area contributed by atoms with Crippen LogP contribution in [0.1, 0.15) is 25.5 Å². The maximum atomic E-state index is 12.0. The summed E-state index contributed by atoms with van der Waals surface area (Å²) in [4.78, 5) is 15.7. The van der Waals surface area contributed by atoms with Gasteiger partial charge in [-0.3, -0.25) is 0 Å². The number of urea groups is 1. The number of nitrogens with one attached hydrogen (secondary N) is 1. The number of rotatable bonds is 7. The Bertz CT molecular complexity index is 461. The first-order valence-electron chi connectivity index (χ1n) is 7.61. The first-order valence-corrected chi connectivity index (χ1v) is 7.61. The van der Waals surface area contributed by atoms with Crippen LogP contribution in [0.25, 0.3) is 0 Å². The van der Waals surface area contributed by atoms with Crippen molar-refractivity contribution in [2.24, 2.45) is 0 Å². The molecule has 1 aromatic carbocycles. The lowest BCUT2D eigenvalue weighted by molar-refractivity contribution is 0.194. The molecule has 116 valence electrons. The number of ether oxygens (including phenoxy) is 1. The number of benzene rings is 1. The predicted molar refractivity (Wildman–Crippen MR) is 83.6 cm³/mol. The van der Waals surface area contributed by atoms with E-state index in [9.17, 15) is 4.79 Å². The second kappa shape index (κ2) is 7.31. The van der Waals surface area contributed by atoms with Crippen molar-refractivity contribution < 1.29 is 9.53 Å². The molecule has 0 saturated carbocycles. The molecule has 0 aromatic heterocycles. The van der Waals surface area contributed by atoms with Gasteiger partial charge in [-0.05, 0) is 31.2 Å². The summed E-state index contributed by atoms with van der Waals surface area (Å²) in [6.45, 7) is 7.91. The van der Waals surface area contributed by atoms with Crippen molar-refractivity contribution in [1.29, 1.82) is 0 Å². The van der Waals surface area contributed by atoms with Crippen molar-refractivity contribution in [2.45, 2.75) is 19.9 Å². The second-order valence-electron chi connectivity index (χ2n) is 5.26. The third-order valence-corrected chi connectivity index (χ3v) is 3.75. The van der Waals surface area contributed by atoms with E-state index in [2.05, 4.69) is 24.4 Å². The van der Waals surface area contributed by atoms with Gasteiger partial charge in [-0.25, -0.2) is 4.79 Å². The van der Waals surface area contributed by atoms with E-state index in [0.717, 1.165) is 25.4 Å². The predicted octanol–water partition coefficient (Wildman–Crippen LogP) is 2.10. The highest BCUT2D eigenvalue weighted by atomic mass is 16.5. The number of carbonyl (C=O) groups is 1. The highest BCUT2D eigenvalue weighted by Gasteiger charge is 2.27.